The molecule has 5 atom stereocenters. The minimum Gasteiger partial charge on any atom is -0.461 e. The molecule has 0 aliphatic heterocycles. The lowest BCUT2D eigenvalue weighted by Crippen LogP contribution is -2.61. The Labute approximate surface area is 329 Å². The summed E-state index contributed by atoms with van der Waals surface area (Å²) in [5.41, 5.74) is 3.13. The quantitative estimate of drug-likeness (QED) is 0.105. The lowest BCUT2D eigenvalue weighted by molar-refractivity contribution is -0.152. The normalized spacial score (nSPS) is 16.6. The third kappa shape index (κ3) is 13.8. The van der Waals surface area contributed by atoms with Gasteiger partial charge in [-0.2, -0.15) is 0 Å². The van der Waals surface area contributed by atoms with E-state index < -0.39 is 41.2 Å². The number of ether oxygens (including phenoxy) is 2. The van der Waals surface area contributed by atoms with Crippen molar-refractivity contribution in [3.8, 4) is 0 Å². The standard InChI is InChI=1S/C47H64N2O6/c1-32(2)42(48-44(52)34(4)28-37-22-20-33(3)21-23-37)40(50)24-27-47(25-15-26-47)49-43(35(5)55-46(6,7)8)41(51)30-39(29-36-16-11-9-12-17-36)45(53)54-31-38-18-13-10-14-19-38/h9-14,16-23,32,34-35,39,42-43,49H,15,24-31H2,1-8H3,(H,48,52)/t34-,35+,39+,42-,43-/m0/s1. The van der Waals surface area contributed by atoms with Crippen LogP contribution in [0, 0.1) is 24.7 Å². The Morgan fingerprint density at radius 2 is 1.33 bits per heavy atom. The molecule has 0 unspecified atom stereocenters. The molecule has 1 fully saturated rings. The molecule has 1 aliphatic carbocycles. The van der Waals surface area contributed by atoms with E-state index in [9.17, 15) is 19.2 Å². The molecule has 298 valence electrons. The first-order valence-corrected chi connectivity index (χ1v) is 20.2. The van der Waals surface area contributed by atoms with Crippen molar-refractivity contribution in [1.82, 2.24) is 10.6 Å². The Bertz CT molecular complexity index is 1680. The van der Waals surface area contributed by atoms with E-state index in [1.54, 1.807) is 0 Å². The summed E-state index contributed by atoms with van der Waals surface area (Å²) in [4.78, 5) is 55.3. The molecule has 0 radical (unpaired) electrons. The highest BCUT2D eigenvalue weighted by atomic mass is 16.5. The fraction of sp³-hybridized carbons (Fsp3) is 0.532. The summed E-state index contributed by atoms with van der Waals surface area (Å²) in [6.07, 6.45) is 3.83. The predicted octanol–water partition coefficient (Wildman–Crippen LogP) is 8.31. The average molecular weight is 753 g/mol. The van der Waals surface area contributed by atoms with Crippen molar-refractivity contribution in [2.24, 2.45) is 17.8 Å². The molecule has 2 N–H and O–H groups in total. The molecular weight excluding hydrogens is 689 g/mol. The van der Waals surface area contributed by atoms with E-state index in [0.717, 1.165) is 36.0 Å². The van der Waals surface area contributed by atoms with E-state index in [0.29, 0.717) is 19.3 Å². The maximum atomic E-state index is 14.5. The predicted molar refractivity (Wildman–Crippen MR) is 218 cm³/mol. The zero-order chi connectivity index (χ0) is 40.2. The van der Waals surface area contributed by atoms with Crippen LogP contribution in [0.25, 0.3) is 0 Å². The molecule has 0 spiro atoms. The van der Waals surface area contributed by atoms with Crippen LogP contribution in [0.5, 0.6) is 0 Å². The van der Waals surface area contributed by atoms with Crippen molar-refractivity contribution in [2.45, 2.75) is 143 Å². The maximum Gasteiger partial charge on any atom is 0.310 e. The van der Waals surface area contributed by atoms with Crippen LogP contribution in [0.2, 0.25) is 0 Å². The van der Waals surface area contributed by atoms with Gasteiger partial charge in [-0.1, -0.05) is 111 Å². The zero-order valence-electron chi connectivity index (χ0n) is 34.4. The Hall–Kier alpha value is -4.14. The number of hydrogen-bond acceptors (Lipinski definition) is 7. The fourth-order valence-corrected chi connectivity index (χ4v) is 7.44. The second kappa shape index (κ2) is 20.1. The average Bonchev–Trinajstić information content (AvgIpc) is 3.12. The molecule has 1 saturated carbocycles. The highest BCUT2D eigenvalue weighted by Gasteiger charge is 2.43. The highest BCUT2D eigenvalue weighted by Crippen LogP contribution is 2.38. The van der Waals surface area contributed by atoms with Gasteiger partial charge in [0.1, 0.15) is 6.61 Å². The smallest absolute Gasteiger partial charge is 0.310 e. The van der Waals surface area contributed by atoms with Gasteiger partial charge in [0.15, 0.2) is 11.6 Å². The molecule has 3 aromatic rings. The Morgan fingerprint density at radius 1 is 0.745 bits per heavy atom. The van der Waals surface area contributed by atoms with Crippen LogP contribution in [0.15, 0.2) is 84.9 Å². The summed E-state index contributed by atoms with van der Waals surface area (Å²) in [6, 6.07) is 26.1. The van der Waals surface area contributed by atoms with Gasteiger partial charge in [0.25, 0.3) is 0 Å². The first kappa shape index (κ1) is 43.6. The third-order valence-corrected chi connectivity index (χ3v) is 10.7. The minimum absolute atomic E-state index is 0.00934. The van der Waals surface area contributed by atoms with Crippen molar-refractivity contribution in [1.29, 1.82) is 0 Å². The number of hydrogen-bond donors (Lipinski definition) is 2. The number of carbonyl (C=O) groups excluding carboxylic acids is 4. The highest BCUT2D eigenvalue weighted by molar-refractivity contribution is 5.90. The number of rotatable bonds is 21. The molecular formula is C47H64N2O6. The van der Waals surface area contributed by atoms with Gasteiger partial charge in [-0.15, -0.1) is 0 Å². The van der Waals surface area contributed by atoms with E-state index in [2.05, 4.69) is 10.6 Å². The molecule has 0 aromatic heterocycles. The molecule has 8 heteroatoms. The summed E-state index contributed by atoms with van der Waals surface area (Å²) in [7, 11) is 0. The van der Waals surface area contributed by atoms with Crippen LogP contribution in [0.4, 0.5) is 0 Å². The summed E-state index contributed by atoms with van der Waals surface area (Å²) in [6.45, 7) is 15.8. The first-order valence-electron chi connectivity index (χ1n) is 20.2. The lowest BCUT2D eigenvalue weighted by Gasteiger charge is -2.47. The van der Waals surface area contributed by atoms with Gasteiger partial charge in [-0.3, -0.25) is 24.5 Å². The summed E-state index contributed by atoms with van der Waals surface area (Å²) < 4.78 is 12.2. The Kier molecular flexibility index (Phi) is 16.0. The topological polar surface area (TPSA) is 111 Å². The number of ketones is 2. The lowest BCUT2D eigenvalue weighted by atomic mass is 9.71. The van der Waals surface area contributed by atoms with Gasteiger partial charge in [0, 0.05) is 24.3 Å². The number of aryl methyl sites for hydroxylation is 1. The minimum atomic E-state index is -0.710. The number of Topliss-reactive ketones (excluding diaryl/α,β-unsaturated/α-hetero) is 2. The van der Waals surface area contributed by atoms with E-state index >= 15 is 0 Å². The molecule has 55 heavy (non-hydrogen) atoms. The molecule has 3 aromatic carbocycles. The van der Waals surface area contributed by atoms with Crippen LogP contribution in [-0.4, -0.2) is 52.8 Å². The van der Waals surface area contributed by atoms with E-state index in [4.69, 9.17) is 9.47 Å². The van der Waals surface area contributed by atoms with Gasteiger partial charge in [0.05, 0.1) is 29.7 Å². The van der Waals surface area contributed by atoms with Crippen LogP contribution in [0.1, 0.15) is 109 Å². The van der Waals surface area contributed by atoms with E-state index in [1.807, 2.05) is 140 Å². The van der Waals surface area contributed by atoms with Crippen molar-refractivity contribution in [2.75, 3.05) is 0 Å². The number of benzene rings is 3. The monoisotopic (exact) mass is 752 g/mol. The largest absolute Gasteiger partial charge is 0.461 e. The molecule has 1 amide bonds. The number of amides is 1. The summed E-state index contributed by atoms with van der Waals surface area (Å²) in [5.74, 6) is -1.72. The van der Waals surface area contributed by atoms with Crippen molar-refractivity contribution >= 4 is 23.4 Å². The second-order valence-electron chi connectivity index (χ2n) is 17.1. The zero-order valence-corrected chi connectivity index (χ0v) is 34.4. The molecule has 4 rings (SSSR count). The van der Waals surface area contributed by atoms with Crippen molar-refractivity contribution < 1.29 is 28.7 Å². The van der Waals surface area contributed by atoms with Gasteiger partial charge < -0.3 is 14.8 Å². The van der Waals surface area contributed by atoms with Crippen LogP contribution >= 0.6 is 0 Å². The van der Waals surface area contributed by atoms with Gasteiger partial charge in [0.2, 0.25) is 5.91 Å². The molecule has 0 bridgehead atoms. The Balaban J connectivity index is 1.47. The molecule has 8 nitrogen and oxygen atoms in total. The van der Waals surface area contributed by atoms with Gasteiger partial charge in [-0.05, 0) is 95.8 Å². The van der Waals surface area contributed by atoms with E-state index in [-0.39, 0.29) is 48.8 Å². The van der Waals surface area contributed by atoms with Crippen LogP contribution in [0.3, 0.4) is 0 Å². The molecule has 0 heterocycles. The maximum absolute atomic E-state index is 14.5. The van der Waals surface area contributed by atoms with Crippen molar-refractivity contribution in [3.05, 3.63) is 107 Å². The summed E-state index contributed by atoms with van der Waals surface area (Å²) in [5, 5.41) is 6.77. The summed E-state index contributed by atoms with van der Waals surface area (Å²) >= 11 is 0. The van der Waals surface area contributed by atoms with Crippen LogP contribution < -0.4 is 10.6 Å². The SMILES string of the molecule is Cc1ccc(C[C@H](C)C(=O)N[C@H](C(=O)CCC2(N[C@H](C(=O)C[C@@H](Cc3ccccc3)C(=O)OCc3ccccc3)[C@@H](C)OC(C)(C)C)CCC2)C(C)C)cc1. The van der Waals surface area contributed by atoms with E-state index in [1.165, 1.54) is 5.56 Å². The second-order valence-corrected chi connectivity index (χ2v) is 17.1. The Morgan fingerprint density at radius 3 is 1.87 bits per heavy atom. The molecule has 1 aliphatic rings. The number of nitrogens with one attached hydrogen (secondary N) is 2. The third-order valence-electron chi connectivity index (χ3n) is 10.7. The van der Waals surface area contributed by atoms with Crippen molar-refractivity contribution in [3.63, 3.8) is 0 Å². The van der Waals surface area contributed by atoms with Crippen LogP contribution in [-0.2, 0) is 48.1 Å². The van der Waals surface area contributed by atoms with Gasteiger partial charge in [-0.25, -0.2) is 0 Å². The number of esters is 1. The van der Waals surface area contributed by atoms with Gasteiger partial charge >= 0.3 is 5.97 Å². The molecule has 0 saturated heterocycles. The number of carbonyl (C=O) groups is 4. The fourth-order valence-electron chi connectivity index (χ4n) is 7.44. The first-order chi connectivity index (χ1) is 26.0.